The maximum atomic E-state index is 10.5. The fraction of sp³-hybridized carbons (Fsp3) is 0.273. The van der Waals surface area contributed by atoms with E-state index in [1.807, 2.05) is 25.3 Å². The van der Waals surface area contributed by atoms with Gasteiger partial charge in [0, 0.05) is 12.6 Å². The number of hydrogen-bond donors (Lipinski definition) is 1. The highest BCUT2D eigenvalue weighted by Crippen LogP contribution is 2.18. The Morgan fingerprint density at radius 3 is 3.06 bits per heavy atom. The van der Waals surface area contributed by atoms with E-state index in [0.717, 1.165) is 16.8 Å². The molecule has 0 aliphatic heterocycles. The van der Waals surface area contributed by atoms with Crippen molar-refractivity contribution in [3.63, 3.8) is 0 Å². The van der Waals surface area contributed by atoms with Crippen molar-refractivity contribution in [2.24, 2.45) is 0 Å². The first-order valence-electron chi connectivity index (χ1n) is 4.93. The monoisotopic (exact) mass is 238 g/mol. The largest absolute Gasteiger partial charge is 0.481 e. The fourth-order valence-corrected chi connectivity index (χ4v) is 1.91. The standard InChI is InChI=1S/C11H11ClN2O2/c1-7-9-6-8(2-3-10(15)16)4-5-14(9)11(12)13-7/h4-6H,2-3H2,1H3,(H,15,16). The van der Waals surface area contributed by atoms with Crippen LogP contribution in [-0.2, 0) is 11.2 Å². The van der Waals surface area contributed by atoms with Crippen LogP contribution in [-0.4, -0.2) is 20.5 Å². The molecule has 2 aromatic rings. The summed E-state index contributed by atoms with van der Waals surface area (Å²) < 4.78 is 1.78. The van der Waals surface area contributed by atoms with Crippen LogP contribution in [0.4, 0.5) is 0 Å². The molecule has 2 heterocycles. The highest BCUT2D eigenvalue weighted by atomic mass is 35.5. The maximum absolute atomic E-state index is 10.5. The van der Waals surface area contributed by atoms with Gasteiger partial charge in [-0.25, -0.2) is 4.98 Å². The van der Waals surface area contributed by atoms with Gasteiger partial charge in [0.2, 0.25) is 5.28 Å². The second-order valence-electron chi connectivity index (χ2n) is 3.65. The Bertz CT molecular complexity index is 548. The Morgan fingerprint density at radius 2 is 2.38 bits per heavy atom. The average Bonchev–Trinajstić information content (AvgIpc) is 2.52. The van der Waals surface area contributed by atoms with Crippen LogP contribution in [0.15, 0.2) is 18.3 Å². The van der Waals surface area contributed by atoms with Crippen LogP contribution in [0.1, 0.15) is 17.7 Å². The molecule has 0 aromatic carbocycles. The third-order valence-electron chi connectivity index (χ3n) is 2.48. The van der Waals surface area contributed by atoms with Crippen LogP contribution in [0, 0.1) is 6.92 Å². The molecule has 2 rings (SSSR count). The van der Waals surface area contributed by atoms with Crippen molar-refractivity contribution in [1.29, 1.82) is 0 Å². The number of carboxylic acids is 1. The Labute approximate surface area is 97.5 Å². The number of fused-ring (bicyclic) bond motifs is 1. The van der Waals surface area contributed by atoms with Crippen LogP contribution in [0.2, 0.25) is 5.28 Å². The second kappa shape index (κ2) is 4.14. The Hall–Kier alpha value is -1.55. The number of aromatic nitrogens is 2. The molecule has 0 radical (unpaired) electrons. The average molecular weight is 239 g/mol. The van der Waals surface area contributed by atoms with Crippen molar-refractivity contribution in [2.75, 3.05) is 0 Å². The van der Waals surface area contributed by atoms with Gasteiger partial charge in [-0.2, -0.15) is 0 Å². The third-order valence-corrected chi connectivity index (χ3v) is 2.74. The molecule has 0 bridgehead atoms. The molecule has 84 valence electrons. The maximum Gasteiger partial charge on any atom is 0.303 e. The summed E-state index contributed by atoms with van der Waals surface area (Å²) in [6.45, 7) is 1.88. The van der Waals surface area contributed by atoms with Gasteiger partial charge >= 0.3 is 5.97 Å². The number of halogens is 1. The van der Waals surface area contributed by atoms with Crippen molar-refractivity contribution >= 4 is 23.1 Å². The van der Waals surface area contributed by atoms with Crippen molar-refractivity contribution in [2.45, 2.75) is 19.8 Å². The van der Waals surface area contributed by atoms with Crippen LogP contribution in [0.3, 0.4) is 0 Å². The lowest BCUT2D eigenvalue weighted by molar-refractivity contribution is -0.136. The van der Waals surface area contributed by atoms with Gasteiger partial charge in [-0.3, -0.25) is 9.20 Å². The lowest BCUT2D eigenvalue weighted by Gasteiger charge is -2.01. The van der Waals surface area contributed by atoms with E-state index in [9.17, 15) is 4.79 Å². The summed E-state index contributed by atoms with van der Waals surface area (Å²) in [5, 5.41) is 9.04. The molecule has 0 unspecified atom stereocenters. The molecule has 0 fully saturated rings. The lowest BCUT2D eigenvalue weighted by Crippen LogP contribution is -1.98. The predicted octanol–water partition coefficient (Wildman–Crippen LogP) is 2.31. The molecule has 0 atom stereocenters. The molecule has 0 saturated carbocycles. The Balaban J connectivity index is 2.36. The first-order valence-corrected chi connectivity index (χ1v) is 5.30. The number of pyridine rings is 1. The zero-order chi connectivity index (χ0) is 11.7. The van der Waals surface area contributed by atoms with Gasteiger partial charge in [0.25, 0.3) is 0 Å². The molecule has 0 spiro atoms. The van der Waals surface area contributed by atoms with Crippen LogP contribution in [0.25, 0.3) is 5.52 Å². The Kier molecular flexibility index (Phi) is 2.83. The third kappa shape index (κ3) is 2.02. The number of nitrogens with zero attached hydrogens (tertiary/aromatic N) is 2. The van der Waals surface area contributed by atoms with E-state index in [1.54, 1.807) is 4.40 Å². The lowest BCUT2D eigenvalue weighted by atomic mass is 10.1. The van der Waals surface area contributed by atoms with E-state index in [0.29, 0.717) is 11.7 Å². The minimum Gasteiger partial charge on any atom is -0.481 e. The van der Waals surface area contributed by atoms with Crippen LogP contribution < -0.4 is 0 Å². The molecule has 0 aliphatic carbocycles. The highest BCUT2D eigenvalue weighted by molar-refractivity contribution is 6.28. The number of rotatable bonds is 3. The quantitative estimate of drug-likeness (QED) is 0.893. The topological polar surface area (TPSA) is 54.6 Å². The summed E-state index contributed by atoms with van der Waals surface area (Å²) >= 11 is 5.92. The molecule has 5 heteroatoms. The number of hydrogen-bond acceptors (Lipinski definition) is 2. The summed E-state index contributed by atoms with van der Waals surface area (Å²) in [6, 6.07) is 3.79. The molecule has 16 heavy (non-hydrogen) atoms. The zero-order valence-corrected chi connectivity index (χ0v) is 9.53. The Morgan fingerprint density at radius 1 is 1.62 bits per heavy atom. The number of imidazole rings is 1. The van der Waals surface area contributed by atoms with Gasteiger partial charge in [0.05, 0.1) is 11.2 Å². The van der Waals surface area contributed by atoms with E-state index in [1.165, 1.54) is 0 Å². The van der Waals surface area contributed by atoms with E-state index >= 15 is 0 Å². The van der Waals surface area contributed by atoms with Gasteiger partial charge in [0.15, 0.2) is 0 Å². The predicted molar refractivity (Wildman–Crippen MR) is 60.9 cm³/mol. The summed E-state index contributed by atoms with van der Waals surface area (Å²) in [5.74, 6) is -0.789. The minimum atomic E-state index is -0.789. The summed E-state index contributed by atoms with van der Waals surface area (Å²) in [6.07, 6.45) is 2.47. The van der Waals surface area contributed by atoms with Gasteiger partial charge in [-0.15, -0.1) is 0 Å². The molecular formula is C11H11ClN2O2. The normalized spacial score (nSPS) is 10.9. The van der Waals surface area contributed by atoms with Gasteiger partial charge < -0.3 is 5.11 Å². The molecule has 0 amide bonds. The van der Waals surface area contributed by atoms with Crippen LogP contribution >= 0.6 is 11.6 Å². The minimum absolute atomic E-state index is 0.136. The summed E-state index contributed by atoms with van der Waals surface area (Å²) in [4.78, 5) is 14.6. The van der Waals surface area contributed by atoms with Gasteiger partial charge in [-0.05, 0) is 42.6 Å². The highest BCUT2D eigenvalue weighted by Gasteiger charge is 2.07. The smallest absolute Gasteiger partial charge is 0.303 e. The number of aryl methyl sites for hydroxylation is 2. The van der Waals surface area contributed by atoms with E-state index in [-0.39, 0.29) is 6.42 Å². The SMILES string of the molecule is Cc1nc(Cl)n2ccc(CCC(=O)O)cc12. The van der Waals surface area contributed by atoms with E-state index in [4.69, 9.17) is 16.7 Å². The van der Waals surface area contributed by atoms with Gasteiger partial charge in [-0.1, -0.05) is 0 Å². The fourth-order valence-electron chi connectivity index (χ4n) is 1.64. The second-order valence-corrected chi connectivity index (χ2v) is 3.99. The number of carbonyl (C=O) groups is 1. The van der Waals surface area contributed by atoms with E-state index < -0.39 is 5.97 Å². The first-order chi connectivity index (χ1) is 7.58. The van der Waals surface area contributed by atoms with Crippen molar-refractivity contribution < 1.29 is 9.90 Å². The zero-order valence-electron chi connectivity index (χ0n) is 8.77. The van der Waals surface area contributed by atoms with Crippen molar-refractivity contribution in [1.82, 2.24) is 9.38 Å². The van der Waals surface area contributed by atoms with Gasteiger partial charge in [0.1, 0.15) is 0 Å². The summed E-state index contributed by atoms with van der Waals surface area (Å²) in [7, 11) is 0. The molecule has 0 saturated heterocycles. The number of carboxylic acid groups (broad SMARTS) is 1. The van der Waals surface area contributed by atoms with Crippen molar-refractivity contribution in [3.05, 3.63) is 34.9 Å². The molecule has 1 N–H and O–H groups in total. The van der Waals surface area contributed by atoms with Crippen molar-refractivity contribution in [3.8, 4) is 0 Å². The summed E-state index contributed by atoms with van der Waals surface area (Å²) in [5.41, 5.74) is 2.75. The molecule has 0 aliphatic rings. The molecule has 2 aromatic heterocycles. The molecule has 4 nitrogen and oxygen atoms in total. The number of aliphatic carboxylic acids is 1. The molecular weight excluding hydrogens is 228 g/mol. The van der Waals surface area contributed by atoms with E-state index in [2.05, 4.69) is 4.98 Å². The van der Waals surface area contributed by atoms with Crippen LogP contribution in [0.5, 0.6) is 0 Å². The first kappa shape index (κ1) is 11.0.